The molecule has 3 rings (SSSR count). The minimum absolute atomic E-state index is 0.149. The van der Waals surface area contributed by atoms with Gasteiger partial charge in [-0.15, -0.1) is 0 Å². The van der Waals surface area contributed by atoms with E-state index in [-0.39, 0.29) is 16.6 Å². The highest BCUT2D eigenvalue weighted by Gasteiger charge is 2.52. The summed E-state index contributed by atoms with van der Waals surface area (Å²) in [6.45, 7) is 14.9. The molecule has 1 aromatic carbocycles. The van der Waals surface area contributed by atoms with E-state index in [4.69, 9.17) is 14.3 Å². The molecule has 1 aliphatic rings. The van der Waals surface area contributed by atoms with E-state index in [1.165, 1.54) is 5.56 Å². The van der Waals surface area contributed by atoms with Crippen LogP contribution in [-0.2, 0) is 14.7 Å². The second-order valence-corrected chi connectivity index (χ2v) is 8.86. The van der Waals surface area contributed by atoms with Crippen LogP contribution < -0.4 is 5.59 Å². The maximum absolute atomic E-state index is 6.12. The van der Waals surface area contributed by atoms with Crippen molar-refractivity contribution in [3.8, 4) is 11.3 Å². The average Bonchev–Trinajstić information content (AvgIpc) is 2.75. The molecule has 3 nitrogen and oxygen atoms in total. The predicted octanol–water partition coefficient (Wildman–Crippen LogP) is 4.35. The number of aromatic nitrogens is 1. The molecule has 0 saturated carbocycles. The molecule has 4 heteroatoms. The Labute approximate surface area is 151 Å². The van der Waals surface area contributed by atoms with Crippen LogP contribution in [0.1, 0.15) is 54.0 Å². The highest BCUT2D eigenvalue weighted by atomic mass is 16.7. The van der Waals surface area contributed by atoms with Gasteiger partial charge < -0.3 is 9.31 Å². The molecular weight excluding hydrogens is 309 g/mol. The maximum Gasteiger partial charge on any atom is 0.514 e. The molecule has 0 spiro atoms. The van der Waals surface area contributed by atoms with E-state index in [0.29, 0.717) is 0 Å². The summed E-state index contributed by atoms with van der Waals surface area (Å²) in [7, 11) is -0.432. The number of benzene rings is 1. The van der Waals surface area contributed by atoms with Crippen molar-refractivity contribution in [2.24, 2.45) is 0 Å². The van der Waals surface area contributed by atoms with Gasteiger partial charge in [0.1, 0.15) is 0 Å². The molecule has 25 heavy (non-hydrogen) atoms. The van der Waals surface area contributed by atoms with E-state index in [1.54, 1.807) is 0 Å². The van der Waals surface area contributed by atoms with Gasteiger partial charge in [-0.1, -0.05) is 51.1 Å². The Morgan fingerprint density at radius 3 is 1.92 bits per heavy atom. The van der Waals surface area contributed by atoms with Crippen molar-refractivity contribution in [1.82, 2.24) is 4.98 Å². The summed E-state index contributed by atoms with van der Waals surface area (Å²) in [5.41, 5.74) is 3.61. The summed E-state index contributed by atoms with van der Waals surface area (Å²) in [5, 5.41) is 0. The Balaban J connectivity index is 1.88. The monoisotopic (exact) mass is 337 g/mol. The first kappa shape index (κ1) is 18.2. The zero-order valence-corrected chi connectivity index (χ0v) is 16.4. The lowest BCUT2D eigenvalue weighted by Crippen LogP contribution is -2.41. The van der Waals surface area contributed by atoms with Crippen LogP contribution >= 0.6 is 0 Å². The fraction of sp³-hybridized carbons (Fsp3) is 0.476. The topological polar surface area (TPSA) is 31.4 Å². The van der Waals surface area contributed by atoms with E-state index < -0.39 is 7.12 Å². The standard InChI is InChI=1S/C21H28BNO2/c1-19(2,3)16-13-11-15(12-14-16)17-9-8-10-18(23-17)22-24-20(4,5)21(6,7)25-22/h8-14H,1-7H3. The Kier molecular flexibility index (Phi) is 4.33. The van der Waals surface area contributed by atoms with Gasteiger partial charge in [0.15, 0.2) is 0 Å². The summed E-state index contributed by atoms with van der Waals surface area (Å²) in [4.78, 5) is 4.80. The molecule has 0 amide bonds. The fourth-order valence-corrected chi connectivity index (χ4v) is 2.85. The molecule has 1 fully saturated rings. The van der Waals surface area contributed by atoms with Gasteiger partial charge in [-0.05, 0) is 50.8 Å². The second-order valence-electron chi connectivity index (χ2n) is 8.86. The van der Waals surface area contributed by atoms with E-state index in [1.807, 2.05) is 18.2 Å². The van der Waals surface area contributed by atoms with E-state index >= 15 is 0 Å². The van der Waals surface area contributed by atoms with Crippen LogP contribution in [-0.4, -0.2) is 23.3 Å². The Hall–Kier alpha value is -1.65. The molecule has 2 heterocycles. The second kappa shape index (κ2) is 5.96. The van der Waals surface area contributed by atoms with Gasteiger partial charge in [-0.3, -0.25) is 4.98 Å². The van der Waals surface area contributed by atoms with Gasteiger partial charge in [-0.2, -0.15) is 0 Å². The van der Waals surface area contributed by atoms with Crippen molar-refractivity contribution in [3.05, 3.63) is 48.0 Å². The summed E-state index contributed by atoms with van der Waals surface area (Å²) in [6, 6.07) is 14.6. The Morgan fingerprint density at radius 1 is 0.840 bits per heavy atom. The van der Waals surface area contributed by atoms with E-state index in [2.05, 4.69) is 72.7 Å². The Bertz CT molecular complexity index is 744. The van der Waals surface area contributed by atoms with Crippen molar-refractivity contribution >= 4 is 12.7 Å². The first-order valence-electron chi connectivity index (χ1n) is 8.93. The van der Waals surface area contributed by atoms with Crippen LogP contribution in [0.3, 0.4) is 0 Å². The third-order valence-electron chi connectivity index (χ3n) is 5.31. The molecule has 0 atom stereocenters. The lowest BCUT2D eigenvalue weighted by Gasteiger charge is -2.32. The van der Waals surface area contributed by atoms with Gasteiger partial charge in [-0.25, -0.2) is 0 Å². The van der Waals surface area contributed by atoms with Crippen LogP contribution in [0, 0.1) is 0 Å². The molecule has 2 aromatic rings. The third-order valence-corrected chi connectivity index (χ3v) is 5.31. The van der Waals surface area contributed by atoms with Gasteiger partial charge in [0.2, 0.25) is 0 Å². The lowest BCUT2D eigenvalue weighted by molar-refractivity contribution is 0.00578. The minimum Gasteiger partial charge on any atom is -0.398 e. The van der Waals surface area contributed by atoms with Crippen LogP contribution in [0.5, 0.6) is 0 Å². The van der Waals surface area contributed by atoms with Crippen molar-refractivity contribution in [3.63, 3.8) is 0 Å². The zero-order valence-electron chi connectivity index (χ0n) is 16.4. The smallest absolute Gasteiger partial charge is 0.398 e. The van der Waals surface area contributed by atoms with E-state index in [0.717, 1.165) is 16.9 Å². The van der Waals surface area contributed by atoms with Gasteiger partial charge in [0.25, 0.3) is 0 Å². The van der Waals surface area contributed by atoms with Gasteiger partial charge in [0, 0.05) is 5.56 Å². The number of pyridine rings is 1. The van der Waals surface area contributed by atoms with Crippen LogP contribution in [0.25, 0.3) is 11.3 Å². The molecule has 0 radical (unpaired) electrons. The summed E-state index contributed by atoms with van der Waals surface area (Å²) < 4.78 is 12.2. The third kappa shape index (κ3) is 3.51. The Morgan fingerprint density at radius 2 is 1.40 bits per heavy atom. The van der Waals surface area contributed by atoms with E-state index in [9.17, 15) is 0 Å². The van der Waals surface area contributed by atoms with Gasteiger partial charge >= 0.3 is 7.12 Å². The fourth-order valence-electron chi connectivity index (χ4n) is 2.85. The zero-order chi connectivity index (χ0) is 18.5. The molecule has 1 aliphatic heterocycles. The van der Waals surface area contributed by atoms with Crippen LogP contribution in [0.2, 0.25) is 0 Å². The van der Waals surface area contributed by atoms with Crippen molar-refractivity contribution < 1.29 is 9.31 Å². The highest BCUT2D eigenvalue weighted by Crippen LogP contribution is 2.36. The molecule has 0 N–H and O–H groups in total. The first-order chi connectivity index (χ1) is 11.5. The minimum atomic E-state index is -0.432. The largest absolute Gasteiger partial charge is 0.514 e. The molecule has 132 valence electrons. The van der Waals surface area contributed by atoms with Gasteiger partial charge in [0.05, 0.1) is 22.5 Å². The first-order valence-corrected chi connectivity index (χ1v) is 8.93. The van der Waals surface area contributed by atoms with Crippen LogP contribution in [0.4, 0.5) is 0 Å². The molecule has 0 bridgehead atoms. The SMILES string of the molecule is CC(C)(C)c1ccc(-c2cccc(B3OC(C)(C)C(C)(C)O3)n2)cc1. The van der Waals surface area contributed by atoms with Crippen LogP contribution in [0.15, 0.2) is 42.5 Å². The normalized spacial score (nSPS) is 19.2. The molecule has 1 aromatic heterocycles. The average molecular weight is 337 g/mol. The molecule has 0 aliphatic carbocycles. The summed E-state index contributed by atoms with van der Waals surface area (Å²) >= 11 is 0. The number of hydrogen-bond donors (Lipinski definition) is 0. The predicted molar refractivity (Wildman–Crippen MR) is 104 cm³/mol. The van der Waals surface area contributed by atoms with Crippen molar-refractivity contribution in [2.45, 2.75) is 65.1 Å². The molecular formula is C21H28BNO2. The van der Waals surface area contributed by atoms with Crippen molar-refractivity contribution in [2.75, 3.05) is 0 Å². The lowest BCUT2D eigenvalue weighted by atomic mass is 9.83. The summed E-state index contributed by atoms with van der Waals surface area (Å²) in [5.74, 6) is 0. The highest BCUT2D eigenvalue weighted by molar-refractivity contribution is 6.61. The number of hydrogen-bond acceptors (Lipinski definition) is 3. The molecule has 0 unspecified atom stereocenters. The number of rotatable bonds is 2. The quantitative estimate of drug-likeness (QED) is 0.764. The number of nitrogens with zero attached hydrogens (tertiary/aromatic N) is 1. The molecule has 1 saturated heterocycles. The van der Waals surface area contributed by atoms with Crippen molar-refractivity contribution in [1.29, 1.82) is 0 Å². The summed E-state index contributed by atoms with van der Waals surface area (Å²) in [6.07, 6.45) is 0. The maximum atomic E-state index is 6.12.